The van der Waals surface area contributed by atoms with Crippen molar-refractivity contribution in [1.82, 2.24) is 0 Å². The van der Waals surface area contributed by atoms with Crippen molar-refractivity contribution in [2.75, 3.05) is 19.8 Å². The maximum atomic E-state index is 12.1. The van der Waals surface area contributed by atoms with Gasteiger partial charge in [0.25, 0.3) is 0 Å². The summed E-state index contributed by atoms with van der Waals surface area (Å²) in [5.74, 6) is -0.199. The van der Waals surface area contributed by atoms with Crippen molar-refractivity contribution in [2.24, 2.45) is 0 Å². The molecular weight excluding hydrogens is 592 g/mol. The molecule has 4 nitrogen and oxygen atoms in total. The highest BCUT2D eigenvalue weighted by molar-refractivity contribution is 5.69. The summed E-state index contributed by atoms with van der Waals surface area (Å²) in [6.07, 6.45) is 50.0. The summed E-state index contributed by atoms with van der Waals surface area (Å²) >= 11 is 0. The minimum Gasteiger partial charge on any atom is -0.457 e. The Balaban J connectivity index is 3.32. The Morgan fingerprint density at radius 1 is 0.479 bits per heavy atom. The Labute approximate surface area is 301 Å². The van der Waals surface area contributed by atoms with Gasteiger partial charge in [0.1, 0.15) is 6.10 Å². The van der Waals surface area contributed by atoms with Gasteiger partial charge in [-0.15, -0.1) is 0 Å². The number of rotatable bonds is 41. The summed E-state index contributed by atoms with van der Waals surface area (Å²) in [5, 5.41) is 9.56. The summed E-state index contributed by atoms with van der Waals surface area (Å²) in [5.41, 5.74) is 0. The molecule has 0 spiro atoms. The second-order valence-electron chi connectivity index (χ2n) is 14.8. The van der Waals surface area contributed by atoms with Crippen LogP contribution in [0, 0.1) is 0 Å². The largest absolute Gasteiger partial charge is 0.457 e. The van der Waals surface area contributed by atoms with E-state index in [4.69, 9.17) is 9.47 Å². The lowest BCUT2D eigenvalue weighted by atomic mass is 10.0. The molecule has 0 radical (unpaired) electrons. The number of hydrogen-bond donors (Lipinski definition) is 1. The quantitative estimate of drug-likeness (QED) is 0.0397. The Morgan fingerprint density at radius 3 is 1.19 bits per heavy atom. The number of carbonyl (C=O) groups is 1. The standard InChI is InChI=1S/C44H86O4/c1-3-5-7-9-11-13-15-16-17-18-19-20-21-22-23-24-25-26-27-28-29-30-32-34-36-38-40-47-42-43(41-45)48-44(46)39-37-35-33-31-14-12-10-8-6-4-2/h18-19,43,45H,3-17,20-42H2,1-2H3/b19-18-. The highest BCUT2D eigenvalue weighted by Gasteiger charge is 2.13. The highest BCUT2D eigenvalue weighted by atomic mass is 16.6. The molecule has 0 rings (SSSR count). The van der Waals surface area contributed by atoms with Crippen molar-refractivity contribution in [1.29, 1.82) is 0 Å². The van der Waals surface area contributed by atoms with Gasteiger partial charge in [-0.3, -0.25) is 4.79 Å². The lowest BCUT2D eigenvalue weighted by Crippen LogP contribution is -2.27. The van der Waals surface area contributed by atoms with Crippen LogP contribution in [0.3, 0.4) is 0 Å². The maximum Gasteiger partial charge on any atom is 0.306 e. The molecule has 0 aromatic carbocycles. The van der Waals surface area contributed by atoms with Gasteiger partial charge in [-0.2, -0.15) is 0 Å². The van der Waals surface area contributed by atoms with Crippen molar-refractivity contribution in [2.45, 2.75) is 245 Å². The van der Waals surface area contributed by atoms with Crippen molar-refractivity contribution in [3.05, 3.63) is 12.2 Å². The van der Waals surface area contributed by atoms with E-state index >= 15 is 0 Å². The third kappa shape index (κ3) is 39.6. The maximum absolute atomic E-state index is 12.1. The molecule has 0 amide bonds. The Bertz CT molecular complexity index is 633. The minimum absolute atomic E-state index is 0.166. The molecule has 0 aliphatic carbocycles. The van der Waals surface area contributed by atoms with Crippen molar-refractivity contribution in [3.8, 4) is 0 Å². The van der Waals surface area contributed by atoms with E-state index < -0.39 is 6.10 Å². The van der Waals surface area contributed by atoms with E-state index in [1.165, 1.54) is 199 Å². The predicted molar refractivity (Wildman–Crippen MR) is 210 cm³/mol. The van der Waals surface area contributed by atoms with E-state index in [9.17, 15) is 9.90 Å². The van der Waals surface area contributed by atoms with Crippen LogP contribution in [0.15, 0.2) is 12.2 Å². The fourth-order valence-electron chi connectivity index (χ4n) is 6.56. The number of allylic oxidation sites excluding steroid dienone is 2. The minimum atomic E-state index is -0.526. The van der Waals surface area contributed by atoms with Crippen LogP contribution in [0.25, 0.3) is 0 Å². The highest BCUT2D eigenvalue weighted by Crippen LogP contribution is 2.15. The molecule has 0 heterocycles. The van der Waals surface area contributed by atoms with Gasteiger partial charge in [0.2, 0.25) is 0 Å². The van der Waals surface area contributed by atoms with Crippen LogP contribution in [0.5, 0.6) is 0 Å². The Kier molecular flexibility index (Phi) is 41.5. The fourth-order valence-corrected chi connectivity index (χ4v) is 6.56. The normalized spacial score (nSPS) is 12.3. The van der Waals surface area contributed by atoms with Gasteiger partial charge in [0, 0.05) is 13.0 Å². The summed E-state index contributed by atoms with van der Waals surface area (Å²) in [6.45, 7) is 5.37. The summed E-state index contributed by atoms with van der Waals surface area (Å²) in [4.78, 5) is 12.1. The summed E-state index contributed by atoms with van der Waals surface area (Å²) in [6, 6.07) is 0. The average molecular weight is 679 g/mol. The van der Waals surface area contributed by atoms with Gasteiger partial charge in [0.05, 0.1) is 13.2 Å². The molecule has 0 bridgehead atoms. The average Bonchev–Trinajstić information content (AvgIpc) is 3.09. The number of aliphatic hydroxyl groups is 1. The number of ether oxygens (including phenoxy) is 2. The molecule has 1 atom stereocenters. The molecule has 0 aliphatic rings. The zero-order valence-corrected chi connectivity index (χ0v) is 32.8. The summed E-state index contributed by atoms with van der Waals surface area (Å²) < 4.78 is 11.1. The number of aliphatic hydroxyl groups excluding tert-OH is 1. The first-order valence-electron chi connectivity index (χ1n) is 21.8. The lowest BCUT2D eigenvalue weighted by molar-refractivity contribution is -0.154. The van der Waals surface area contributed by atoms with Crippen LogP contribution in [0.4, 0.5) is 0 Å². The van der Waals surface area contributed by atoms with Crippen LogP contribution in [0.2, 0.25) is 0 Å². The SMILES string of the molecule is CCCCCCCCCC/C=C\CCCCCCCCCCCCCCCCOCC(CO)OC(=O)CCCCCCCCCCCC. The van der Waals surface area contributed by atoms with Crippen molar-refractivity contribution >= 4 is 5.97 Å². The number of carbonyl (C=O) groups excluding carboxylic acids is 1. The van der Waals surface area contributed by atoms with Crippen molar-refractivity contribution in [3.63, 3.8) is 0 Å². The van der Waals surface area contributed by atoms with Crippen LogP contribution < -0.4 is 0 Å². The molecular formula is C44H86O4. The molecule has 0 aliphatic heterocycles. The molecule has 0 fully saturated rings. The van der Waals surface area contributed by atoms with E-state index in [1.807, 2.05) is 0 Å². The summed E-state index contributed by atoms with van der Waals surface area (Å²) in [7, 11) is 0. The molecule has 4 heteroatoms. The zero-order chi connectivity index (χ0) is 34.9. The lowest BCUT2D eigenvalue weighted by Gasteiger charge is -2.16. The first kappa shape index (κ1) is 47.1. The number of unbranched alkanes of at least 4 members (excludes halogenated alkanes) is 31. The van der Waals surface area contributed by atoms with E-state index in [1.54, 1.807) is 0 Å². The van der Waals surface area contributed by atoms with Crippen LogP contribution in [-0.2, 0) is 14.3 Å². The molecule has 286 valence electrons. The van der Waals surface area contributed by atoms with Crippen LogP contribution >= 0.6 is 0 Å². The first-order valence-corrected chi connectivity index (χ1v) is 21.8. The van der Waals surface area contributed by atoms with Crippen molar-refractivity contribution < 1.29 is 19.4 Å². The zero-order valence-electron chi connectivity index (χ0n) is 32.8. The Hall–Kier alpha value is -0.870. The molecule has 0 saturated heterocycles. The van der Waals surface area contributed by atoms with E-state index in [-0.39, 0.29) is 12.6 Å². The van der Waals surface area contributed by atoms with E-state index in [0.29, 0.717) is 19.6 Å². The third-order valence-corrected chi connectivity index (χ3v) is 9.84. The second kappa shape index (κ2) is 42.3. The fraction of sp³-hybridized carbons (Fsp3) is 0.932. The topological polar surface area (TPSA) is 55.8 Å². The smallest absolute Gasteiger partial charge is 0.306 e. The molecule has 48 heavy (non-hydrogen) atoms. The van der Waals surface area contributed by atoms with Gasteiger partial charge in [0.15, 0.2) is 0 Å². The van der Waals surface area contributed by atoms with E-state index in [0.717, 1.165) is 19.3 Å². The molecule has 1 unspecified atom stereocenters. The number of esters is 1. The van der Waals surface area contributed by atoms with Gasteiger partial charge in [-0.25, -0.2) is 0 Å². The van der Waals surface area contributed by atoms with Crippen LogP contribution in [-0.4, -0.2) is 37.0 Å². The molecule has 0 aromatic heterocycles. The number of hydrogen-bond acceptors (Lipinski definition) is 4. The van der Waals surface area contributed by atoms with Gasteiger partial charge in [-0.05, 0) is 38.5 Å². The van der Waals surface area contributed by atoms with E-state index in [2.05, 4.69) is 26.0 Å². The van der Waals surface area contributed by atoms with Gasteiger partial charge in [-0.1, -0.05) is 206 Å². The van der Waals surface area contributed by atoms with Gasteiger partial charge >= 0.3 is 5.97 Å². The third-order valence-electron chi connectivity index (χ3n) is 9.84. The van der Waals surface area contributed by atoms with Crippen LogP contribution in [0.1, 0.15) is 239 Å². The molecule has 1 N–H and O–H groups in total. The molecule has 0 saturated carbocycles. The monoisotopic (exact) mass is 679 g/mol. The Morgan fingerprint density at radius 2 is 0.812 bits per heavy atom. The van der Waals surface area contributed by atoms with Gasteiger partial charge < -0.3 is 14.6 Å². The predicted octanol–water partition coefficient (Wildman–Crippen LogP) is 14.2. The second-order valence-corrected chi connectivity index (χ2v) is 14.8. The first-order chi connectivity index (χ1) is 23.7. The molecule has 0 aromatic rings.